The van der Waals surface area contributed by atoms with Crippen LogP contribution in [0.25, 0.3) is 0 Å². The van der Waals surface area contributed by atoms with Crippen molar-refractivity contribution in [2.45, 2.75) is 18.7 Å². The maximum Gasteiger partial charge on any atom is 0.255 e. The fourth-order valence-electron chi connectivity index (χ4n) is 2.20. The lowest BCUT2D eigenvalue weighted by molar-refractivity contribution is 0.102. The minimum Gasteiger partial charge on any atom is -0.357 e. The first-order valence-electron chi connectivity index (χ1n) is 7.51. The Morgan fingerprint density at radius 2 is 1.78 bits per heavy atom. The van der Waals surface area contributed by atoms with Crippen LogP contribution in [0.4, 0.5) is 11.5 Å². The Hall–Kier alpha value is -2.21. The molecule has 0 fully saturated rings. The summed E-state index contributed by atoms with van der Waals surface area (Å²) in [6.07, 6.45) is 3.26. The Bertz CT molecular complexity index is 680. The Morgan fingerprint density at radius 3 is 2.26 bits per heavy atom. The molecule has 0 spiro atoms. The summed E-state index contributed by atoms with van der Waals surface area (Å²) in [4.78, 5) is 19.4. The van der Waals surface area contributed by atoms with Crippen molar-refractivity contribution >= 4 is 28.2 Å². The molecule has 1 amide bonds. The van der Waals surface area contributed by atoms with E-state index < -0.39 is 10.8 Å². The molecule has 0 bridgehead atoms. The normalized spacial score (nSPS) is 11.8. The first kappa shape index (κ1) is 17.1. The lowest BCUT2D eigenvalue weighted by Crippen LogP contribution is -2.22. The third-order valence-electron chi connectivity index (χ3n) is 3.54. The van der Waals surface area contributed by atoms with Crippen LogP contribution in [0.15, 0.2) is 47.5 Å². The maximum atomic E-state index is 12.2. The molecule has 2 rings (SSSR count). The summed E-state index contributed by atoms with van der Waals surface area (Å²) >= 11 is 0. The van der Waals surface area contributed by atoms with Crippen molar-refractivity contribution in [3.8, 4) is 0 Å². The molecule has 1 N–H and O–H groups in total. The largest absolute Gasteiger partial charge is 0.357 e. The third kappa shape index (κ3) is 4.39. The van der Waals surface area contributed by atoms with Gasteiger partial charge in [0.2, 0.25) is 0 Å². The van der Waals surface area contributed by atoms with Gasteiger partial charge in [0, 0.05) is 40.6 Å². The number of pyridine rings is 1. The second-order valence-electron chi connectivity index (χ2n) is 5.01. The van der Waals surface area contributed by atoms with Crippen LogP contribution in [0.1, 0.15) is 24.2 Å². The fourth-order valence-corrected chi connectivity index (χ4v) is 2.72. The summed E-state index contributed by atoms with van der Waals surface area (Å²) in [5, 5.41) is 2.81. The molecule has 122 valence electrons. The van der Waals surface area contributed by atoms with E-state index in [9.17, 15) is 9.00 Å². The second kappa shape index (κ2) is 7.87. The minimum atomic E-state index is -1.04. The van der Waals surface area contributed by atoms with Crippen molar-refractivity contribution in [3.63, 3.8) is 0 Å². The highest BCUT2D eigenvalue weighted by Gasteiger charge is 2.08. The van der Waals surface area contributed by atoms with Crippen LogP contribution < -0.4 is 10.2 Å². The van der Waals surface area contributed by atoms with E-state index in [1.54, 1.807) is 36.7 Å². The summed E-state index contributed by atoms with van der Waals surface area (Å²) in [5.74, 6) is 0.679. The monoisotopic (exact) mass is 331 g/mol. The average molecular weight is 331 g/mol. The van der Waals surface area contributed by atoms with E-state index in [2.05, 4.69) is 29.0 Å². The number of aromatic nitrogens is 1. The van der Waals surface area contributed by atoms with Crippen molar-refractivity contribution in [2.24, 2.45) is 0 Å². The van der Waals surface area contributed by atoms with Crippen molar-refractivity contribution < 1.29 is 9.00 Å². The molecular weight excluding hydrogens is 310 g/mol. The van der Waals surface area contributed by atoms with Crippen LogP contribution in [0.3, 0.4) is 0 Å². The van der Waals surface area contributed by atoms with Gasteiger partial charge in [-0.05, 0) is 50.2 Å². The van der Waals surface area contributed by atoms with Gasteiger partial charge in [-0.15, -0.1) is 0 Å². The van der Waals surface area contributed by atoms with Gasteiger partial charge in [-0.2, -0.15) is 0 Å². The summed E-state index contributed by atoms with van der Waals surface area (Å²) in [6.45, 7) is 5.93. The highest BCUT2D eigenvalue weighted by molar-refractivity contribution is 7.84. The summed E-state index contributed by atoms with van der Waals surface area (Å²) < 4.78 is 11.4. The molecule has 1 unspecified atom stereocenters. The first-order chi connectivity index (χ1) is 11.0. The number of carbonyl (C=O) groups excluding carboxylic acids is 1. The molecule has 1 aromatic heterocycles. The van der Waals surface area contributed by atoms with Gasteiger partial charge in [-0.25, -0.2) is 4.98 Å². The number of benzene rings is 1. The van der Waals surface area contributed by atoms with Gasteiger partial charge in [0.25, 0.3) is 5.91 Å². The summed E-state index contributed by atoms with van der Waals surface area (Å²) in [5.41, 5.74) is 1.17. The molecule has 1 atom stereocenters. The molecule has 0 aliphatic rings. The van der Waals surface area contributed by atoms with Gasteiger partial charge in [-0.3, -0.25) is 9.00 Å². The average Bonchev–Trinajstić information content (AvgIpc) is 2.57. The number of hydrogen-bond acceptors (Lipinski definition) is 4. The number of carbonyl (C=O) groups is 1. The lowest BCUT2D eigenvalue weighted by Gasteiger charge is -2.19. The van der Waals surface area contributed by atoms with Gasteiger partial charge in [0.15, 0.2) is 0 Å². The van der Waals surface area contributed by atoms with E-state index in [0.717, 1.165) is 18.9 Å². The molecule has 23 heavy (non-hydrogen) atoms. The molecule has 5 nitrogen and oxygen atoms in total. The van der Waals surface area contributed by atoms with Crippen molar-refractivity contribution in [2.75, 3.05) is 29.6 Å². The topological polar surface area (TPSA) is 62.3 Å². The quantitative estimate of drug-likeness (QED) is 0.884. The number of anilines is 2. The highest BCUT2D eigenvalue weighted by atomic mass is 32.2. The molecule has 0 saturated carbocycles. The van der Waals surface area contributed by atoms with Crippen LogP contribution >= 0.6 is 0 Å². The van der Waals surface area contributed by atoms with Crippen LogP contribution in [-0.4, -0.2) is 34.4 Å². The lowest BCUT2D eigenvalue weighted by atomic mass is 10.2. The van der Waals surface area contributed by atoms with E-state index in [-0.39, 0.29) is 5.91 Å². The SMILES string of the molecule is CCN(CC)c1ccc(NC(=O)c2ccc(S(C)=O)cc2)cn1. The highest BCUT2D eigenvalue weighted by Crippen LogP contribution is 2.15. The Balaban J connectivity index is 2.06. The van der Waals surface area contributed by atoms with Gasteiger partial charge >= 0.3 is 0 Å². The standard InChI is InChI=1S/C17H21N3O2S/c1-4-20(5-2)16-11-8-14(12-18-16)19-17(21)13-6-9-15(10-7-13)23(3)22/h6-12H,4-5H2,1-3H3,(H,19,21). The van der Waals surface area contributed by atoms with E-state index in [1.165, 1.54) is 0 Å². The molecule has 0 aliphatic heterocycles. The predicted octanol–water partition coefficient (Wildman–Crippen LogP) is 2.92. The first-order valence-corrected chi connectivity index (χ1v) is 9.06. The van der Waals surface area contributed by atoms with Crippen LogP contribution in [-0.2, 0) is 10.8 Å². The summed E-state index contributed by atoms with van der Waals surface area (Å²) in [6, 6.07) is 10.5. The fraction of sp³-hybridized carbons (Fsp3) is 0.294. The molecule has 2 aromatic rings. The number of hydrogen-bond donors (Lipinski definition) is 1. The van der Waals surface area contributed by atoms with Gasteiger partial charge in [-0.1, -0.05) is 0 Å². The molecule has 1 aromatic carbocycles. The minimum absolute atomic E-state index is 0.212. The zero-order valence-corrected chi connectivity index (χ0v) is 14.4. The molecule has 0 saturated heterocycles. The maximum absolute atomic E-state index is 12.2. The van der Waals surface area contributed by atoms with E-state index in [4.69, 9.17) is 0 Å². The van der Waals surface area contributed by atoms with Crippen LogP contribution in [0, 0.1) is 0 Å². The van der Waals surface area contributed by atoms with E-state index >= 15 is 0 Å². The number of rotatable bonds is 6. The van der Waals surface area contributed by atoms with Gasteiger partial charge in [0.1, 0.15) is 5.82 Å². The molecule has 1 heterocycles. The molecule has 0 aliphatic carbocycles. The number of nitrogens with one attached hydrogen (secondary N) is 1. The Labute approximate surface area is 139 Å². The van der Waals surface area contributed by atoms with E-state index in [0.29, 0.717) is 16.1 Å². The molecule has 6 heteroatoms. The van der Waals surface area contributed by atoms with Gasteiger partial charge < -0.3 is 10.2 Å². The zero-order valence-electron chi connectivity index (χ0n) is 13.6. The van der Waals surface area contributed by atoms with Crippen molar-refractivity contribution in [1.82, 2.24) is 4.98 Å². The second-order valence-corrected chi connectivity index (χ2v) is 6.39. The third-order valence-corrected chi connectivity index (χ3v) is 4.48. The van der Waals surface area contributed by atoms with Crippen molar-refractivity contribution in [1.29, 1.82) is 0 Å². The molecule has 0 radical (unpaired) electrons. The summed E-state index contributed by atoms with van der Waals surface area (Å²) in [7, 11) is -1.04. The van der Waals surface area contributed by atoms with Crippen LogP contribution in [0.2, 0.25) is 0 Å². The number of amides is 1. The zero-order chi connectivity index (χ0) is 16.8. The Morgan fingerprint density at radius 1 is 1.13 bits per heavy atom. The smallest absolute Gasteiger partial charge is 0.255 e. The predicted molar refractivity (Wildman–Crippen MR) is 94.5 cm³/mol. The van der Waals surface area contributed by atoms with Crippen molar-refractivity contribution in [3.05, 3.63) is 48.2 Å². The van der Waals surface area contributed by atoms with Gasteiger partial charge in [0.05, 0.1) is 11.9 Å². The van der Waals surface area contributed by atoms with E-state index in [1.807, 2.05) is 12.1 Å². The molecular formula is C17H21N3O2S. The van der Waals surface area contributed by atoms with Crippen LogP contribution in [0.5, 0.6) is 0 Å². The number of nitrogens with zero attached hydrogens (tertiary/aromatic N) is 2. The Kier molecular flexibility index (Phi) is 5.87.